The van der Waals surface area contributed by atoms with Crippen LogP contribution in [-0.2, 0) is 11.2 Å². The summed E-state index contributed by atoms with van der Waals surface area (Å²) in [4.78, 5) is 34.6. The Balaban J connectivity index is 2.18. The summed E-state index contributed by atoms with van der Waals surface area (Å²) in [5, 5.41) is 20.6. The maximum Gasteiger partial charge on any atom is 0.307 e. The molecular weight excluding hydrogens is 352 g/mol. The van der Waals surface area contributed by atoms with Crippen LogP contribution in [0.4, 0.5) is 5.69 Å². The number of nitrogens with zero attached hydrogens (tertiary/aromatic N) is 2. The van der Waals surface area contributed by atoms with Crippen molar-refractivity contribution in [2.75, 3.05) is 7.11 Å². The molecule has 0 amide bonds. The normalized spacial score (nSPS) is 10.7. The van der Waals surface area contributed by atoms with Crippen LogP contribution in [-0.4, -0.2) is 33.6 Å². The number of nitro benzene ring substituents is 1. The van der Waals surface area contributed by atoms with Crippen molar-refractivity contribution in [3.63, 3.8) is 0 Å². The molecule has 138 valence electrons. The molecule has 27 heavy (non-hydrogen) atoms. The minimum absolute atomic E-state index is 0.114. The molecule has 1 aromatic heterocycles. The van der Waals surface area contributed by atoms with Gasteiger partial charge in [0.1, 0.15) is 5.75 Å². The highest BCUT2D eigenvalue weighted by molar-refractivity contribution is 6.05. The number of hydrogen-bond donors (Lipinski definition) is 1. The zero-order valence-electron chi connectivity index (χ0n) is 14.6. The van der Waals surface area contributed by atoms with Crippen molar-refractivity contribution >= 4 is 28.5 Å². The van der Waals surface area contributed by atoms with E-state index in [0.717, 1.165) is 0 Å². The van der Waals surface area contributed by atoms with E-state index < -0.39 is 16.8 Å². The highest BCUT2D eigenvalue weighted by atomic mass is 16.6. The van der Waals surface area contributed by atoms with Crippen molar-refractivity contribution in [1.82, 2.24) is 4.57 Å². The number of aromatic nitrogens is 1. The van der Waals surface area contributed by atoms with Crippen LogP contribution in [0.25, 0.3) is 10.9 Å². The lowest BCUT2D eigenvalue weighted by Crippen LogP contribution is -2.14. The van der Waals surface area contributed by atoms with Crippen molar-refractivity contribution < 1.29 is 24.4 Å². The molecule has 8 heteroatoms. The van der Waals surface area contributed by atoms with Crippen molar-refractivity contribution in [1.29, 1.82) is 0 Å². The number of carboxylic acid groups (broad SMARTS) is 1. The van der Waals surface area contributed by atoms with Gasteiger partial charge in [0.05, 0.1) is 24.0 Å². The van der Waals surface area contributed by atoms with Crippen LogP contribution in [0.1, 0.15) is 21.6 Å². The van der Waals surface area contributed by atoms with Gasteiger partial charge in [0, 0.05) is 28.8 Å². The molecule has 0 atom stereocenters. The summed E-state index contributed by atoms with van der Waals surface area (Å²) >= 11 is 0. The molecule has 1 heterocycles. The zero-order valence-corrected chi connectivity index (χ0v) is 14.6. The van der Waals surface area contributed by atoms with Gasteiger partial charge in [-0.1, -0.05) is 0 Å². The summed E-state index contributed by atoms with van der Waals surface area (Å²) in [5.41, 5.74) is 1.72. The molecule has 3 aromatic rings. The van der Waals surface area contributed by atoms with Gasteiger partial charge in [-0.3, -0.25) is 24.3 Å². The molecule has 0 aliphatic carbocycles. The average molecular weight is 368 g/mol. The Bertz CT molecular complexity index is 1070. The smallest absolute Gasteiger partial charge is 0.307 e. The number of hydrogen-bond acceptors (Lipinski definition) is 5. The van der Waals surface area contributed by atoms with Crippen LogP contribution in [0.15, 0.2) is 42.5 Å². The van der Waals surface area contributed by atoms with E-state index >= 15 is 0 Å². The number of methoxy groups -OCH3 is 1. The predicted molar refractivity (Wildman–Crippen MR) is 97.4 cm³/mol. The molecule has 0 saturated heterocycles. The third kappa shape index (κ3) is 3.24. The summed E-state index contributed by atoms with van der Waals surface area (Å²) in [6.45, 7) is 1.67. The van der Waals surface area contributed by atoms with E-state index in [1.807, 2.05) is 0 Å². The number of ether oxygens (including phenoxy) is 1. The Morgan fingerprint density at radius 1 is 1.19 bits per heavy atom. The summed E-state index contributed by atoms with van der Waals surface area (Å²) in [5.74, 6) is -0.856. The summed E-state index contributed by atoms with van der Waals surface area (Å²) in [6.07, 6.45) is -0.240. The average Bonchev–Trinajstić information content (AvgIpc) is 2.92. The topological polar surface area (TPSA) is 112 Å². The number of aliphatic carboxylic acids is 1. The quantitative estimate of drug-likeness (QED) is 0.547. The lowest BCUT2D eigenvalue weighted by Gasteiger charge is -2.07. The number of nitro groups is 1. The fourth-order valence-corrected chi connectivity index (χ4v) is 3.08. The first-order valence-corrected chi connectivity index (χ1v) is 8.02. The van der Waals surface area contributed by atoms with Crippen LogP contribution >= 0.6 is 0 Å². The lowest BCUT2D eigenvalue weighted by atomic mass is 10.1. The minimum Gasteiger partial charge on any atom is -0.497 e. The number of carbonyl (C=O) groups excluding carboxylic acids is 1. The van der Waals surface area contributed by atoms with Crippen LogP contribution < -0.4 is 4.74 Å². The number of fused-ring (bicyclic) bond motifs is 1. The molecule has 0 unspecified atom stereocenters. The van der Waals surface area contributed by atoms with E-state index in [4.69, 9.17) is 4.74 Å². The third-order valence-corrected chi connectivity index (χ3v) is 4.40. The fourth-order valence-electron chi connectivity index (χ4n) is 3.08. The second kappa shape index (κ2) is 6.91. The molecule has 0 aliphatic heterocycles. The number of non-ortho nitro benzene ring substituents is 1. The minimum atomic E-state index is -1.01. The zero-order chi connectivity index (χ0) is 19.7. The number of carboxylic acids is 1. The highest BCUT2D eigenvalue weighted by Gasteiger charge is 2.22. The van der Waals surface area contributed by atoms with Crippen LogP contribution in [0.3, 0.4) is 0 Å². The van der Waals surface area contributed by atoms with Gasteiger partial charge in [-0.25, -0.2) is 0 Å². The molecular formula is C19H16N2O6. The van der Waals surface area contributed by atoms with E-state index in [9.17, 15) is 24.8 Å². The molecule has 8 nitrogen and oxygen atoms in total. The molecule has 0 bridgehead atoms. The maximum absolute atomic E-state index is 13.0. The number of rotatable bonds is 5. The summed E-state index contributed by atoms with van der Waals surface area (Å²) < 4.78 is 6.63. The Morgan fingerprint density at radius 3 is 2.41 bits per heavy atom. The Kier molecular flexibility index (Phi) is 4.64. The second-order valence-corrected chi connectivity index (χ2v) is 5.96. The van der Waals surface area contributed by atoms with Crippen molar-refractivity contribution in [2.24, 2.45) is 0 Å². The van der Waals surface area contributed by atoms with Gasteiger partial charge in [0.2, 0.25) is 0 Å². The molecule has 1 N–H and O–H groups in total. The molecule has 0 aliphatic rings. The second-order valence-electron chi connectivity index (χ2n) is 5.96. The largest absolute Gasteiger partial charge is 0.497 e. The van der Waals surface area contributed by atoms with Crippen molar-refractivity contribution in [2.45, 2.75) is 13.3 Å². The van der Waals surface area contributed by atoms with Gasteiger partial charge in [0.25, 0.3) is 11.6 Å². The van der Waals surface area contributed by atoms with Crippen LogP contribution in [0.5, 0.6) is 5.75 Å². The summed E-state index contributed by atoms with van der Waals surface area (Å²) in [6, 6.07) is 10.4. The van der Waals surface area contributed by atoms with Gasteiger partial charge in [-0.05, 0) is 42.8 Å². The van der Waals surface area contributed by atoms with Gasteiger partial charge in [-0.15, -0.1) is 0 Å². The first-order valence-electron chi connectivity index (χ1n) is 8.02. The molecule has 0 saturated carbocycles. The maximum atomic E-state index is 13.0. The fraction of sp³-hybridized carbons (Fsp3) is 0.158. The van der Waals surface area contributed by atoms with E-state index in [-0.39, 0.29) is 17.7 Å². The molecule has 2 aromatic carbocycles. The number of carbonyl (C=O) groups is 2. The van der Waals surface area contributed by atoms with Gasteiger partial charge < -0.3 is 9.84 Å². The van der Waals surface area contributed by atoms with Gasteiger partial charge in [-0.2, -0.15) is 0 Å². The van der Waals surface area contributed by atoms with Crippen LogP contribution in [0.2, 0.25) is 0 Å². The molecule has 0 fully saturated rings. The van der Waals surface area contributed by atoms with Gasteiger partial charge >= 0.3 is 5.97 Å². The molecule has 0 radical (unpaired) electrons. The Morgan fingerprint density at radius 2 is 1.85 bits per heavy atom. The van der Waals surface area contributed by atoms with Crippen molar-refractivity contribution in [3.8, 4) is 5.75 Å². The standard InChI is InChI=1S/C19H16N2O6/c1-11-15(10-18(22)23)16-9-14(27-2)7-8-17(16)20(11)19(24)12-3-5-13(6-4-12)21(25)26/h3-9H,10H2,1-2H3,(H,22,23). The first-order chi connectivity index (χ1) is 12.8. The number of benzene rings is 2. The van der Waals surface area contributed by atoms with Crippen LogP contribution in [0, 0.1) is 17.0 Å². The molecule has 0 spiro atoms. The van der Waals surface area contributed by atoms with Gasteiger partial charge in [0.15, 0.2) is 0 Å². The Hall–Kier alpha value is -3.68. The highest BCUT2D eigenvalue weighted by Crippen LogP contribution is 2.30. The van der Waals surface area contributed by atoms with E-state index in [0.29, 0.717) is 27.9 Å². The Labute approximate surface area is 153 Å². The predicted octanol–water partition coefficient (Wildman–Crippen LogP) is 3.18. The third-order valence-electron chi connectivity index (χ3n) is 4.40. The first kappa shape index (κ1) is 18.1. The SMILES string of the molecule is COc1ccc2c(c1)c(CC(=O)O)c(C)n2C(=O)c1ccc([N+](=O)[O-])cc1. The monoisotopic (exact) mass is 368 g/mol. The lowest BCUT2D eigenvalue weighted by molar-refractivity contribution is -0.384. The van der Waals surface area contributed by atoms with E-state index in [1.54, 1.807) is 25.1 Å². The van der Waals surface area contributed by atoms with E-state index in [1.165, 1.54) is 35.9 Å². The summed E-state index contributed by atoms with van der Waals surface area (Å²) in [7, 11) is 1.50. The van der Waals surface area contributed by atoms with E-state index in [2.05, 4.69) is 0 Å². The molecule has 3 rings (SSSR count). The van der Waals surface area contributed by atoms with Crippen molar-refractivity contribution in [3.05, 3.63) is 69.4 Å².